The smallest absolute Gasteiger partial charge is 0.350 e. The van der Waals surface area contributed by atoms with Crippen molar-refractivity contribution in [1.82, 2.24) is 4.98 Å². The number of nitrogens with two attached hydrogens (primary N) is 1. The minimum absolute atomic E-state index is 0.296. The number of methoxy groups -OCH3 is 1. The molecular weight excluding hydrogens is 296 g/mol. The highest BCUT2D eigenvalue weighted by molar-refractivity contribution is 7.21. The highest BCUT2D eigenvalue weighted by Crippen LogP contribution is 2.40. The molecule has 1 aliphatic carbocycles. The van der Waals surface area contributed by atoms with Crippen LogP contribution >= 0.6 is 11.3 Å². The van der Waals surface area contributed by atoms with Crippen LogP contribution in [0.25, 0.3) is 10.2 Å². The summed E-state index contributed by atoms with van der Waals surface area (Å²) >= 11 is 1.33. The zero-order chi connectivity index (χ0) is 16.1. The van der Waals surface area contributed by atoms with Crippen LogP contribution in [-0.2, 0) is 17.6 Å². The van der Waals surface area contributed by atoms with E-state index in [1.807, 2.05) is 0 Å². The molecule has 0 saturated carbocycles. The van der Waals surface area contributed by atoms with E-state index in [2.05, 4.69) is 26.8 Å². The van der Waals surface area contributed by atoms with E-state index >= 15 is 0 Å². The Morgan fingerprint density at radius 2 is 2.18 bits per heavy atom. The lowest BCUT2D eigenvalue weighted by Crippen LogP contribution is -2.27. The average Bonchev–Trinajstić information content (AvgIpc) is 2.79. The molecule has 0 spiro atoms. The molecule has 4 nitrogen and oxygen atoms in total. The quantitative estimate of drug-likeness (QED) is 0.812. The highest BCUT2D eigenvalue weighted by atomic mass is 32.1. The number of aromatic nitrogens is 1. The molecule has 0 amide bonds. The van der Waals surface area contributed by atoms with Crippen molar-refractivity contribution in [2.75, 3.05) is 12.8 Å². The first-order chi connectivity index (χ1) is 10.3. The number of rotatable bonds is 1. The standard InChI is InChI=1S/C17H22N2O2S/c1-17(2,3)10-5-6-12-9(7-10)8-11-13(18)14(16(20)21-4)22-15(11)19-12/h8,10H,5-7,18H2,1-4H3/t10-/m1/s1. The SMILES string of the molecule is COC(=O)c1sc2nc3c(cc2c1N)C[C@H](C(C)(C)C)CC3. The van der Waals surface area contributed by atoms with E-state index in [1.54, 1.807) is 0 Å². The van der Waals surface area contributed by atoms with E-state index in [-0.39, 0.29) is 5.97 Å². The van der Waals surface area contributed by atoms with Gasteiger partial charge in [-0.1, -0.05) is 20.8 Å². The normalized spacial score (nSPS) is 18.3. The number of carbonyl (C=O) groups is 1. The van der Waals surface area contributed by atoms with Gasteiger partial charge in [0.2, 0.25) is 0 Å². The lowest BCUT2D eigenvalue weighted by Gasteiger charge is -2.34. The second-order valence-corrected chi connectivity index (χ2v) is 8.09. The predicted molar refractivity (Wildman–Crippen MR) is 90.3 cm³/mol. The van der Waals surface area contributed by atoms with Crippen molar-refractivity contribution in [2.24, 2.45) is 11.3 Å². The van der Waals surface area contributed by atoms with E-state index < -0.39 is 0 Å². The first-order valence-corrected chi connectivity index (χ1v) is 8.42. The van der Waals surface area contributed by atoms with Crippen molar-refractivity contribution < 1.29 is 9.53 Å². The van der Waals surface area contributed by atoms with Crippen LogP contribution < -0.4 is 5.73 Å². The van der Waals surface area contributed by atoms with Gasteiger partial charge in [0.25, 0.3) is 0 Å². The van der Waals surface area contributed by atoms with Crippen molar-refractivity contribution >= 4 is 33.2 Å². The minimum Gasteiger partial charge on any atom is -0.465 e. The summed E-state index contributed by atoms with van der Waals surface area (Å²) < 4.78 is 4.80. The largest absolute Gasteiger partial charge is 0.465 e. The van der Waals surface area contributed by atoms with Gasteiger partial charge in [0.15, 0.2) is 0 Å². The van der Waals surface area contributed by atoms with Gasteiger partial charge >= 0.3 is 5.97 Å². The Labute approximate surface area is 134 Å². The van der Waals surface area contributed by atoms with Gasteiger partial charge in [0.05, 0.1) is 12.8 Å². The number of esters is 1. The first kappa shape index (κ1) is 15.3. The fraction of sp³-hybridized carbons (Fsp3) is 0.529. The van der Waals surface area contributed by atoms with Crippen LogP contribution in [-0.4, -0.2) is 18.1 Å². The summed E-state index contributed by atoms with van der Waals surface area (Å²) in [7, 11) is 1.37. The lowest BCUT2D eigenvalue weighted by molar-refractivity contribution is 0.0607. The number of anilines is 1. The molecule has 2 aromatic heterocycles. The molecule has 0 aliphatic heterocycles. The zero-order valence-corrected chi connectivity index (χ0v) is 14.3. The van der Waals surface area contributed by atoms with Crippen LogP contribution in [0.4, 0.5) is 5.69 Å². The van der Waals surface area contributed by atoms with Gasteiger partial charge in [-0.25, -0.2) is 9.78 Å². The van der Waals surface area contributed by atoms with Crippen LogP contribution in [0.3, 0.4) is 0 Å². The van der Waals surface area contributed by atoms with Gasteiger partial charge in [-0.2, -0.15) is 0 Å². The van der Waals surface area contributed by atoms with E-state index in [0.717, 1.165) is 28.8 Å². The maximum absolute atomic E-state index is 11.8. The summed E-state index contributed by atoms with van der Waals surface area (Å²) in [5.74, 6) is 0.269. The maximum Gasteiger partial charge on any atom is 0.350 e. The predicted octanol–water partition coefficient (Wildman–Crippen LogP) is 3.82. The number of ether oxygens (including phenoxy) is 1. The van der Waals surface area contributed by atoms with E-state index in [9.17, 15) is 4.79 Å². The van der Waals surface area contributed by atoms with Crippen molar-refractivity contribution in [2.45, 2.75) is 40.0 Å². The Kier molecular flexibility index (Phi) is 3.63. The highest BCUT2D eigenvalue weighted by Gasteiger charge is 2.30. The molecular formula is C17H22N2O2S. The molecule has 5 heteroatoms. The molecule has 0 radical (unpaired) electrons. The average molecular weight is 318 g/mol. The molecule has 2 N–H and O–H groups in total. The Balaban J connectivity index is 2.06. The minimum atomic E-state index is -0.383. The summed E-state index contributed by atoms with van der Waals surface area (Å²) in [6, 6.07) is 2.13. The van der Waals surface area contributed by atoms with Crippen molar-refractivity contribution in [3.8, 4) is 0 Å². The number of hydrogen-bond acceptors (Lipinski definition) is 5. The van der Waals surface area contributed by atoms with E-state index in [4.69, 9.17) is 15.5 Å². The molecule has 2 heterocycles. The molecule has 22 heavy (non-hydrogen) atoms. The maximum atomic E-state index is 11.8. The number of pyridine rings is 1. The third-order valence-corrected chi connectivity index (χ3v) is 5.78. The summed E-state index contributed by atoms with van der Waals surface area (Å²) in [6.07, 6.45) is 3.20. The van der Waals surface area contributed by atoms with E-state index in [0.29, 0.717) is 21.9 Å². The summed E-state index contributed by atoms with van der Waals surface area (Å²) in [5, 5.41) is 0.888. The molecule has 0 saturated heterocycles. The van der Waals surface area contributed by atoms with Crippen LogP contribution in [0.2, 0.25) is 0 Å². The fourth-order valence-electron chi connectivity index (χ4n) is 3.17. The Bertz CT molecular complexity index is 743. The molecule has 0 fully saturated rings. The summed E-state index contributed by atoms with van der Waals surface area (Å²) in [4.78, 5) is 17.8. The first-order valence-electron chi connectivity index (χ1n) is 7.60. The lowest BCUT2D eigenvalue weighted by atomic mass is 9.71. The molecule has 0 unspecified atom stereocenters. The Morgan fingerprint density at radius 1 is 1.45 bits per heavy atom. The van der Waals surface area contributed by atoms with Gasteiger partial charge in [0, 0.05) is 11.1 Å². The van der Waals surface area contributed by atoms with Crippen LogP contribution in [0, 0.1) is 11.3 Å². The third kappa shape index (κ3) is 2.47. The van der Waals surface area contributed by atoms with Gasteiger partial charge in [-0.05, 0) is 42.2 Å². The number of nitrogen functional groups attached to an aromatic ring is 1. The molecule has 3 rings (SSSR count). The summed E-state index contributed by atoms with van der Waals surface area (Å²) in [5.41, 5.74) is 9.37. The number of hydrogen-bond donors (Lipinski definition) is 1. The third-order valence-electron chi connectivity index (χ3n) is 4.68. The Hall–Kier alpha value is -1.62. The molecule has 2 aromatic rings. The number of fused-ring (bicyclic) bond motifs is 2. The van der Waals surface area contributed by atoms with Crippen LogP contribution in [0.5, 0.6) is 0 Å². The Morgan fingerprint density at radius 3 is 2.82 bits per heavy atom. The zero-order valence-electron chi connectivity index (χ0n) is 13.5. The molecule has 0 bridgehead atoms. The topological polar surface area (TPSA) is 65.2 Å². The fourth-order valence-corrected chi connectivity index (χ4v) is 4.19. The van der Waals surface area contributed by atoms with Crippen LogP contribution in [0.15, 0.2) is 6.07 Å². The second-order valence-electron chi connectivity index (χ2n) is 7.09. The van der Waals surface area contributed by atoms with Crippen molar-refractivity contribution in [3.05, 3.63) is 22.2 Å². The van der Waals surface area contributed by atoms with Gasteiger partial charge in [0.1, 0.15) is 9.71 Å². The molecule has 1 aliphatic rings. The van der Waals surface area contributed by atoms with Crippen molar-refractivity contribution in [3.63, 3.8) is 0 Å². The van der Waals surface area contributed by atoms with Gasteiger partial charge in [-0.15, -0.1) is 11.3 Å². The molecule has 1 atom stereocenters. The summed E-state index contributed by atoms with van der Waals surface area (Å²) in [6.45, 7) is 6.88. The molecule has 0 aromatic carbocycles. The number of aryl methyl sites for hydroxylation is 1. The monoisotopic (exact) mass is 318 g/mol. The van der Waals surface area contributed by atoms with Crippen molar-refractivity contribution in [1.29, 1.82) is 0 Å². The number of nitrogens with zero attached hydrogens (tertiary/aromatic N) is 1. The van der Waals surface area contributed by atoms with Crippen LogP contribution in [0.1, 0.15) is 48.1 Å². The second kappa shape index (κ2) is 5.23. The van der Waals surface area contributed by atoms with E-state index in [1.165, 1.54) is 30.4 Å². The number of carbonyl (C=O) groups excluding carboxylic acids is 1. The van der Waals surface area contributed by atoms with Gasteiger partial charge < -0.3 is 10.5 Å². The molecule has 118 valence electrons. The number of thiophene rings is 1. The van der Waals surface area contributed by atoms with Gasteiger partial charge in [-0.3, -0.25) is 0 Å².